The van der Waals surface area contributed by atoms with E-state index in [1.807, 2.05) is 80.6 Å². The van der Waals surface area contributed by atoms with Crippen LogP contribution >= 0.6 is 0 Å². The second-order valence-corrected chi connectivity index (χ2v) is 10.1. The summed E-state index contributed by atoms with van der Waals surface area (Å²) in [4.78, 5) is 27.5. The summed E-state index contributed by atoms with van der Waals surface area (Å²) in [6.07, 6.45) is 1.03. The Hall–Kier alpha value is -4.52. The number of rotatable bonds is 10. The maximum absolute atomic E-state index is 13.9. The summed E-state index contributed by atoms with van der Waals surface area (Å²) in [6, 6.07) is 25.0. The van der Waals surface area contributed by atoms with Crippen LogP contribution < -0.4 is 19.5 Å². The first-order chi connectivity index (χ1) is 20.0. The van der Waals surface area contributed by atoms with Crippen molar-refractivity contribution < 1.29 is 28.5 Å². The van der Waals surface area contributed by atoms with Gasteiger partial charge < -0.3 is 24.3 Å². The highest BCUT2D eigenvalue weighted by Gasteiger charge is 2.41. The summed E-state index contributed by atoms with van der Waals surface area (Å²) < 4.78 is 22.7. The Morgan fingerprint density at radius 2 is 1.61 bits per heavy atom. The summed E-state index contributed by atoms with van der Waals surface area (Å²) in [7, 11) is 1.58. The van der Waals surface area contributed by atoms with Gasteiger partial charge in [0, 0.05) is 29.3 Å². The highest BCUT2D eigenvalue weighted by molar-refractivity contribution is 6.04. The minimum absolute atomic E-state index is 0.00988. The first-order valence-corrected chi connectivity index (χ1v) is 13.9. The Bertz CT molecular complexity index is 1460. The molecule has 0 radical (unpaired) electrons. The Kier molecular flexibility index (Phi) is 8.73. The third kappa shape index (κ3) is 6.14. The molecule has 7 nitrogen and oxygen atoms in total. The number of ketones is 1. The monoisotopic (exact) mass is 553 g/mol. The molecule has 3 aromatic carbocycles. The molecule has 0 aromatic heterocycles. The topological polar surface area (TPSA) is 83.1 Å². The molecule has 5 rings (SSSR count). The van der Waals surface area contributed by atoms with Crippen LogP contribution in [0.4, 0.5) is 0 Å². The molecule has 0 amide bonds. The minimum atomic E-state index is -0.609. The first-order valence-electron chi connectivity index (χ1n) is 13.9. The molecule has 1 aliphatic heterocycles. The van der Waals surface area contributed by atoms with E-state index in [2.05, 4.69) is 17.4 Å². The van der Waals surface area contributed by atoms with Crippen LogP contribution in [-0.4, -0.2) is 38.7 Å². The number of carbonyl (C=O) groups excluding carboxylic acids is 2. The Morgan fingerprint density at radius 1 is 0.878 bits per heavy atom. The largest absolute Gasteiger partial charge is 0.493 e. The maximum Gasteiger partial charge on any atom is 0.336 e. The number of ether oxygens (including phenoxy) is 4. The zero-order chi connectivity index (χ0) is 28.8. The van der Waals surface area contributed by atoms with Gasteiger partial charge in [-0.15, -0.1) is 0 Å². The fourth-order valence-corrected chi connectivity index (χ4v) is 5.63. The molecule has 1 aliphatic carbocycles. The van der Waals surface area contributed by atoms with E-state index in [1.165, 1.54) is 0 Å². The average Bonchev–Trinajstić information content (AvgIpc) is 2.99. The summed E-state index contributed by atoms with van der Waals surface area (Å²) in [5.41, 5.74) is 4.39. The van der Waals surface area contributed by atoms with Crippen molar-refractivity contribution in [2.75, 3.05) is 26.9 Å². The minimum Gasteiger partial charge on any atom is -0.493 e. The molecule has 0 spiro atoms. The van der Waals surface area contributed by atoms with Gasteiger partial charge in [0.2, 0.25) is 0 Å². The predicted octanol–water partition coefficient (Wildman–Crippen LogP) is 6.08. The highest BCUT2D eigenvalue weighted by Crippen LogP contribution is 2.47. The lowest BCUT2D eigenvalue weighted by Gasteiger charge is -2.36. The van der Waals surface area contributed by atoms with Crippen molar-refractivity contribution in [1.82, 2.24) is 5.32 Å². The van der Waals surface area contributed by atoms with Crippen LogP contribution in [0, 0.1) is 0 Å². The lowest BCUT2D eigenvalue weighted by atomic mass is 9.71. The number of hydrogen-bond acceptors (Lipinski definition) is 7. The zero-order valence-electron chi connectivity index (χ0n) is 23.6. The number of dihydropyridines is 1. The van der Waals surface area contributed by atoms with E-state index < -0.39 is 11.9 Å². The third-order valence-corrected chi connectivity index (χ3v) is 7.47. The second-order valence-electron chi connectivity index (χ2n) is 10.1. The molecular formula is C34H35NO6. The Labute approximate surface area is 240 Å². The van der Waals surface area contributed by atoms with E-state index in [0.717, 1.165) is 16.8 Å². The molecule has 3 aromatic rings. The summed E-state index contributed by atoms with van der Waals surface area (Å²) in [6.45, 7) is 4.53. The zero-order valence-corrected chi connectivity index (χ0v) is 23.6. The van der Waals surface area contributed by atoms with Gasteiger partial charge in [-0.1, -0.05) is 54.6 Å². The van der Waals surface area contributed by atoms with E-state index in [4.69, 9.17) is 18.9 Å². The van der Waals surface area contributed by atoms with Gasteiger partial charge in [-0.05, 0) is 61.6 Å². The van der Waals surface area contributed by atoms with Crippen LogP contribution in [0.5, 0.6) is 17.2 Å². The van der Waals surface area contributed by atoms with E-state index in [1.54, 1.807) is 7.11 Å². The van der Waals surface area contributed by atoms with Gasteiger partial charge in [-0.2, -0.15) is 0 Å². The number of carbonyl (C=O) groups is 2. The lowest BCUT2D eigenvalue weighted by Crippen LogP contribution is -2.36. The maximum atomic E-state index is 13.9. The van der Waals surface area contributed by atoms with E-state index >= 15 is 0 Å². The van der Waals surface area contributed by atoms with Crippen molar-refractivity contribution in [3.63, 3.8) is 0 Å². The third-order valence-electron chi connectivity index (χ3n) is 7.47. The van der Waals surface area contributed by atoms with Crippen LogP contribution in [0.25, 0.3) is 0 Å². The molecule has 0 saturated heterocycles. The standard InChI is InChI=1S/C34H35NO6/c1-4-39-29-16-15-24(21-30(29)38-3)32-31(34(37)41-18-17-40-26-13-9-6-10-14-26)22(2)35-27-19-25(20-28(36)33(27)32)23-11-7-5-8-12-23/h5-16,21,25,32,35H,4,17-20H2,1-3H3/t25-,32+/m0/s1. The number of methoxy groups -OCH3 is 1. The molecule has 0 fully saturated rings. The smallest absolute Gasteiger partial charge is 0.336 e. The van der Waals surface area contributed by atoms with E-state index in [-0.39, 0.29) is 24.9 Å². The van der Waals surface area contributed by atoms with Crippen LogP contribution in [0.15, 0.2) is 101 Å². The van der Waals surface area contributed by atoms with Gasteiger partial charge in [0.15, 0.2) is 17.3 Å². The molecule has 1 N–H and O–H groups in total. The number of para-hydroxylation sites is 1. The molecule has 0 unspecified atom stereocenters. The van der Waals surface area contributed by atoms with Crippen LogP contribution in [0.3, 0.4) is 0 Å². The normalized spacial score (nSPS) is 18.4. The van der Waals surface area contributed by atoms with Gasteiger partial charge in [0.05, 0.1) is 19.3 Å². The van der Waals surface area contributed by atoms with Gasteiger partial charge in [0.1, 0.15) is 19.0 Å². The average molecular weight is 554 g/mol. The van der Waals surface area contributed by atoms with Gasteiger partial charge in [-0.25, -0.2) is 4.79 Å². The van der Waals surface area contributed by atoms with Crippen molar-refractivity contribution in [2.24, 2.45) is 0 Å². The number of nitrogens with one attached hydrogen (secondary N) is 1. The predicted molar refractivity (Wildman–Crippen MR) is 156 cm³/mol. The number of Topliss-reactive ketones (excluding diaryl/α,β-unsaturated/α-hetero) is 1. The molecular weight excluding hydrogens is 518 g/mol. The fraction of sp³-hybridized carbons (Fsp3) is 0.294. The number of esters is 1. The van der Waals surface area contributed by atoms with E-state index in [0.29, 0.717) is 53.5 Å². The first kappa shape index (κ1) is 28.0. The SMILES string of the molecule is CCOc1ccc([C@@H]2C(C(=O)OCCOc3ccccc3)=C(C)NC3=C2C(=O)C[C@@H](c2ccccc2)C3)cc1OC. The molecule has 7 heteroatoms. The van der Waals surface area contributed by atoms with Gasteiger partial charge in [-0.3, -0.25) is 4.79 Å². The molecule has 1 heterocycles. The summed E-state index contributed by atoms with van der Waals surface area (Å²) in [5.74, 6) is 0.809. The van der Waals surface area contributed by atoms with Gasteiger partial charge >= 0.3 is 5.97 Å². The number of hydrogen-bond donors (Lipinski definition) is 1. The van der Waals surface area contributed by atoms with Crippen molar-refractivity contribution in [3.05, 3.63) is 113 Å². The number of benzene rings is 3. The highest BCUT2D eigenvalue weighted by atomic mass is 16.6. The lowest BCUT2D eigenvalue weighted by molar-refractivity contribution is -0.140. The van der Waals surface area contributed by atoms with Gasteiger partial charge in [0.25, 0.3) is 0 Å². The van der Waals surface area contributed by atoms with Crippen LogP contribution in [-0.2, 0) is 14.3 Å². The summed E-state index contributed by atoms with van der Waals surface area (Å²) in [5, 5.41) is 3.41. The van der Waals surface area contributed by atoms with Crippen molar-refractivity contribution in [1.29, 1.82) is 0 Å². The molecule has 2 aliphatic rings. The molecule has 41 heavy (non-hydrogen) atoms. The van der Waals surface area contributed by atoms with Crippen LogP contribution in [0.2, 0.25) is 0 Å². The second kappa shape index (κ2) is 12.8. The molecule has 212 valence electrons. The number of allylic oxidation sites excluding steroid dienone is 3. The van der Waals surface area contributed by atoms with E-state index in [9.17, 15) is 9.59 Å². The molecule has 2 atom stereocenters. The summed E-state index contributed by atoms with van der Waals surface area (Å²) >= 11 is 0. The van der Waals surface area contributed by atoms with Crippen LogP contribution in [0.1, 0.15) is 49.7 Å². The van der Waals surface area contributed by atoms with Crippen molar-refractivity contribution >= 4 is 11.8 Å². The van der Waals surface area contributed by atoms with Crippen molar-refractivity contribution in [2.45, 2.75) is 38.5 Å². The molecule has 0 bridgehead atoms. The van der Waals surface area contributed by atoms with Crippen molar-refractivity contribution in [3.8, 4) is 17.2 Å². The fourth-order valence-electron chi connectivity index (χ4n) is 5.63. The quantitative estimate of drug-likeness (QED) is 0.241. The Balaban J connectivity index is 1.46. The Morgan fingerprint density at radius 3 is 2.32 bits per heavy atom. The molecule has 0 saturated carbocycles.